The van der Waals surface area contributed by atoms with Gasteiger partial charge in [-0.25, -0.2) is 4.39 Å². The van der Waals surface area contributed by atoms with Gasteiger partial charge >= 0.3 is 0 Å². The van der Waals surface area contributed by atoms with Crippen LogP contribution in [-0.4, -0.2) is 53.0 Å². The van der Waals surface area contributed by atoms with Gasteiger partial charge in [-0.15, -0.1) is 11.6 Å². The number of hydrogen-bond acceptors (Lipinski definition) is 4. The number of hydrogen-bond donors (Lipinski definition) is 4. The average molecular weight is 479 g/mol. The normalized spacial score (nSPS) is 17.6. The van der Waals surface area contributed by atoms with E-state index >= 15 is 0 Å². The summed E-state index contributed by atoms with van der Waals surface area (Å²) in [6, 6.07) is 4.00. The quantitative estimate of drug-likeness (QED) is 0.391. The third kappa shape index (κ3) is 6.10. The first-order valence-electron chi connectivity index (χ1n) is 10.9. The number of aromatic nitrogens is 1. The Morgan fingerprint density at radius 3 is 2.58 bits per heavy atom. The third-order valence-electron chi connectivity index (χ3n) is 5.70. The van der Waals surface area contributed by atoms with E-state index in [2.05, 4.69) is 20.9 Å². The molecule has 1 aromatic heterocycles. The number of Topliss-reactive ketones (excluding diaryl/α,β-unsaturated/α-hetero) is 1. The van der Waals surface area contributed by atoms with Gasteiger partial charge in [0.1, 0.15) is 17.6 Å². The van der Waals surface area contributed by atoms with E-state index < -0.39 is 35.5 Å². The molecule has 1 aliphatic heterocycles. The Balaban J connectivity index is 1.74. The number of ketones is 1. The van der Waals surface area contributed by atoms with Crippen LogP contribution in [0.1, 0.15) is 43.6 Å². The first kappa shape index (κ1) is 24.7. The molecule has 0 saturated carbocycles. The number of carbonyl (C=O) groups is 4. The Labute approximate surface area is 196 Å². The van der Waals surface area contributed by atoms with E-state index in [4.69, 9.17) is 11.6 Å². The first-order chi connectivity index (χ1) is 15.7. The highest BCUT2D eigenvalue weighted by Crippen LogP contribution is 2.20. The Hall–Kier alpha value is -2.94. The molecule has 8 nitrogen and oxygen atoms in total. The van der Waals surface area contributed by atoms with Crippen LogP contribution < -0.4 is 16.0 Å². The minimum Gasteiger partial charge on any atom is -0.356 e. The molecule has 2 aromatic rings. The molecule has 0 spiro atoms. The molecule has 3 rings (SSSR count). The van der Waals surface area contributed by atoms with Gasteiger partial charge in [0.05, 0.1) is 11.9 Å². The molecule has 3 atom stereocenters. The molecule has 33 heavy (non-hydrogen) atoms. The van der Waals surface area contributed by atoms with Crippen LogP contribution in [0, 0.1) is 17.7 Å². The van der Waals surface area contributed by atoms with E-state index in [0.29, 0.717) is 24.9 Å². The van der Waals surface area contributed by atoms with Crippen LogP contribution in [0.3, 0.4) is 0 Å². The van der Waals surface area contributed by atoms with Gasteiger partial charge in [-0.05, 0) is 43.4 Å². The van der Waals surface area contributed by atoms with E-state index in [9.17, 15) is 23.6 Å². The average Bonchev–Trinajstić information content (AvgIpc) is 3.39. The largest absolute Gasteiger partial charge is 0.356 e. The molecule has 0 radical (unpaired) electrons. The van der Waals surface area contributed by atoms with Crippen molar-refractivity contribution in [1.82, 2.24) is 20.9 Å². The number of carbonyl (C=O) groups excluding carboxylic acids is 4. The monoisotopic (exact) mass is 478 g/mol. The maximum absolute atomic E-state index is 14.0. The summed E-state index contributed by atoms with van der Waals surface area (Å²) in [6.45, 7) is 4.32. The van der Waals surface area contributed by atoms with E-state index in [1.165, 1.54) is 18.2 Å². The lowest BCUT2D eigenvalue weighted by Crippen LogP contribution is -2.53. The molecule has 10 heteroatoms. The summed E-state index contributed by atoms with van der Waals surface area (Å²) < 4.78 is 14.0. The molecule has 1 aromatic carbocycles. The van der Waals surface area contributed by atoms with Gasteiger partial charge < -0.3 is 20.9 Å². The van der Waals surface area contributed by atoms with Crippen molar-refractivity contribution < 1.29 is 23.6 Å². The SMILES string of the molecule is CC(C)CC(NC(=O)c1cc2c(F)cccc2[nH]1)C(=O)N[C@@H](C[C@@H]1CCNC1=O)C(=O)CCl. The summed E-state index contributed by atoms with van der Waals surface area (Å²) in [5.41, 5.74) is 0.584. The van der Waals surface area contributed by atoms with Gasteiger partial charge in [0.15, 0.2) is 5.78 Å². The fourth-order valence-corrected chi connectivity index (χ4v) is 4.16. The molecule has 1 unspecified atom stereocenters. The van der Waals surface area contributed by atoms with Crippen LogP contribution in [0.15, 0.2) is 24.3 Å². The first-order valence-corrected chi connectivity index (χ1v) is 11.5. The lowest BCUT2D eigenvalue weighted by molar-refractivity contribution is -0.129. The molecule has 1 fully saturated rings. The fourth-order valence-electron chi connectivity index (χ4n) is 3.97. The second-order valence-electron chi connectivity index (χ2n) is 8.71. The van der Waals surface area contributed by atoms with Crippen molar-refractivity contribution >= 4 is 46.0 Å². The number of alkyl halides is 1. The molecular formula is C23H28ClFN4O4. The zero-order valence-corrected chi connectivity index (χ0v) is 19.3. The number of benzene rings is 1. The van der Waals surface area contributed by atoms with Crippen LogP contribution in [0.2, 0.25) is 0 Å². The van der Waals surface area contributed by atoms with Gasteiger partial charge in [0.2, 0.25) is 11.8 Å². The van der Waals surface area contributed by atoms with Crippen molar-refractivity contribution in [3.8, 4) is 0 Å². The van der Waals surface area contributed by atoms with Crippen molar-refractivity contribution in [2.45, 2.75) is 45.2 Å². The maximum atomic E-state index is 14.0. The molecule has 2 heterocycles. The van der Waals surface area contributed by atoms with Gasteiger partial charge in [0, 0.05) is 23.4 Å². The van der Waals surface area contributed by atoms with Gasteiger partial charge in [-0.3, -0.25) is 19.2 Å². The summed E-state index contributed by atoms with van der Waals surface area (Å²) >= 11 is 5.73. The number of fused-ring (bicyclic) bond motifs is 1. The molecule has 3 amide bonds. The summed E-state index contributed by atoms with van der Waals surface area (Å²) in [5, 5.41) is 8.34. The number of aromatic amines is 1. The zero-order valence-electron chi connectivity index (χ0n) is 18.5. The highest BCUT2D eigenvalue weighted by Gasteiger charge is 2.33. The number of H-pyrrole nitrogens is 1. The molecule has 1 saturated heterocycles. The minimum absolute atomic E-state index is 0.0593. The lowest BCUT2D eigenvalue weighted by Gasteiger charge is -2.24. The predicted molar refractivity (Wildman–Crippen MR) is 122 cm³/mol. The van der Waals surface area contributed by atoms with E-state index in [0.717, 1.165) is 0 Å². The topological polar surface area (TPSA) is 120 Å². The van der Waals surface area contributed by atoms with Gasteiger partial charge in [0.25, 0.3) is 5.91 Å². The Morgan fingerprint density at radius 1 is 1.21 bits per heavy atom. The van der Waals surface area contributed by atoms with Crippen molar-refractivity contribution in [3.05, 3.63) is 35.8 Å². The van der Waals surface area contributed by atoms with Crippen molar-refractivity contribution in [2.24, 2.45) is 11.8 Å². The summed E-state index contributed by atoms with van der Waals surface area (Å²) in [4.78, 5) is 53.0. The number of amides is 3. The Morgan fingerprint density at radius 2 is 1.97 bits per heavy atom. The smallest absolute Gasteiger partial charge is 0.268 e. The lowest BCUT2D eigenvalue weighted by atomic mass is 9.95. The third-order valence-corrected chi connectivity index (χ3v) is 5.97. The van der Waals surface area contributed by atoms with Crippen molar-refractivity contribution in [2.75, 3.05) is 12.4 Å². The van der Waals surface area contributed by atoms with E-state index in [1.807, 2.05) is 13.8 Å². The molecular weight excluding hydrogens is 451 g/mol. The van der Waals surface area contributed by atoms with Gasteiger partial charge in [-0.2, -0.15) is 0 Å². The molecule has 0 aliphatic carbocycles. The molecule has 1 aliphatic rings. The summed E-state index contributed by atoms with van der Waals surface area (Å²) in [6.07, 6.45) is 1.04. The summed E-state index contributed by atoms with van der Waals surface area (Å²) in [5.74, 6) is -2.76. The van der Waals surface area contributed by atoms with Crippen LogP contribution in [0.5, 0.6) is 0 Å². The highest BCUT2D eigenvalue weighted by molar-refractivity contribution is 6.28. The Kier molecular flexibility index (Phi) is 8.07. The van der Waals surface area contributed by atoms with Crippen LogP contribution in [-0.2, 0) is 14.4 Å². The zero-order chi connectivity index (χ0) is 24.1. The molecule has 0 bridgehead atoms. The second-order valence-corrected chi connectivity index (χ2v) is 8.98. The number of rotatable bonds is 10. The summed E-state index contributed by atoms with van der Waals surface area (Å²) in [7, 11) is 0. The van der Waals surface area contributed by atoms with Crippen molar-refractivity contribution in [3.63, 3.8) is 0 Å². The molecule has 4 N–H and O–H groups in total. The van der Waals surface area contributed by atoms with Crippen LogP contribution in [0.25, 0.3) is 10.9 Å². The second kappa shape index (κ2) is 10.8. The fraction of sp³-hybridized carbons (Fsp3) is 0.478. The molecule has 178 valence electrons. The standard InChI is InChI=1S/C23H28ClFN4O4/c1-12(2)8-18(29-23(33)19-10-14-15(25)4-3-5-16(14)27-19)22(32)28-17(20(30)11-24)9-13-6-7-26-21(13)31/h3-5,10,12-13,17-18,27H,6-9,11H2,1-2H3,(H,26,31)(H,28,32)(H,29,33)/t13-,17-,18?/m0/s1. The number of nitrogens with one attached hydrogen (secondary N) is 4. The van der Waals surface area contributed by atoms with E-state index in [1.54, 1.807) is 6.07 Å². The van der Waals surface area contributed by atoms with Crippen molar-refractivity contribution in [1.29, 1.82) is 0 Å². The maximum Gasteiger partial charge on any atom is 0.268 e. The Bertz CT molecular complexity index is 1050. The number of halogens is 2. The van der Waals surface area contributed by atoms with Gasteiger partial charge in [-0.1, -0.05) is 19.9 Å². The minimum atomic E-state index is -0.934. The predicted octanol–water partition coefficient (Wildman–Crippen LogP) is 2.27. The van der Waals surface area contributed by atoms with Crippen LogP contribution >= 0.6 is 11.6 Å². The van der Waals surface area contributed by atoms with E-state index in [-0.39, 0.29) is 41.1 Å². The highest BCUT2D eigenvalue weighted by atomic mass is 35.5. The van der Waals surface area contributed by atoms with Crippen LogP contribution in [0.4, 0.5) is 4.39 Å².